The van der Waals surface area contributed by atoms with E-state index in [0.29, 0.717) is 0 Å². The first-order valence-corrected chi connectivity index (χ1v) is 19.1. The highest BCUT2D eigenvalue weighted by molar-refractivity contribution is 5.92. The van der Waals surface area contributed by atoms with Crippen LogP contribution in [0.1, 0.15) is 48.9 Å². The standard InChI is InChI=1S/C52H44N2/c1-35-41(22-14-23-42(35)44-21-11-13-27-49(44)54-40-31-28-37(29-32-40)36-16-6-4-7-17-36)38-30-33-50(53-39-18-8-5-9-19-39)47(34-38)46-25-15-24-45-43-20-10-12-26-48(43)52(2,3)51(45)46/h4-35,41,53-54H,1-3H3. The molecule has 2 unspecified atom stereocenters. The summed E-state index contributed by atoms with van der Waals surface area (Å²) in [6.07, 6.45) is 6.93. The lowest BCUT2D eigenvalue weighted by atomic mass is 9.75. The molecule has 2 aliphatic carbocycles. The number of rotatable bonds is 8. The van der Waals surface area contributed by atoms with E-state index in [1.807, 2.05) is 0 Å². The Balaban J connectivity index is 1.07. The third-order valence-corrected chi connectivity index (χ3v) is 11.5. The van der Waals surface area contributed by atoms with Crippen molar-refractivity contribution in [2.24, 2.45) is 5.92 Å². The van der Waals surface area contributed by atoms with Crippen LogP contribution in [0, 0.1) is 5.92 Å². The van der Waals surface area contributed by atoms with E-state index >= 15 is 0 Å². The third-order valence-electron chi connectivity index (χ3n) is 11.5. The van der Waals surface area contributed by atoms with Crippen molar-refractivity contribution in [2.45, 2.75) is 32.1 Å². The van der Waals surface area contributed by atoms with Crippen LogP contribution in [0.2, 0.25) is 0 Å². The fourth-order valence-electron chi connectivity index (χ4n) is 8.75. The van der Waals surface area contributed by atoms with Crippen LogP contribution < -0.4 is 10.6 Å². The molecule has 0 spiro atoms. The molecule has 2 atom stereocenters. The van der Waals surface area contributed by atoms with Gasteiger partial charge in [0.25, 0.3) is 0 Å². The molecule has 0 aromatic heterocycles. The molecule has 262 valence electrons. The number of hydrogen-bond acceptors (Lipinski definition) is 2. The number of benzene rings is 7. The van der Waals surface area contributed by atoms with Gasteiger partial charge in [0.1, 0.15) is 0 Å². The first kappa shape index (κ1) is 33.5. The van der Waals surface area contributed by atoms with E-state index in [1.165, 1.54) is 61.2 Å². The van der Waals surface area contributed by atoms with E-state index < -0.39 is 0 Å². The maximum Gasteiger partial charge on any atom is 0.0464 e. The fraction of sp³-hybridized carbons (Fsp3) is 0.115. The molecule has 2 aliphatic rings. The smallest absolute Gasteiger partial charge is 0.0464 e. The van der Waals surface area contributed by atoms with Gasteiger partial charge in [0, 0.05) is 45.2 Å². The van der Waals surface area contributed by atoms with E-state index in [2.05, 4.69) is 219 Å². The van der Waals surface area contributed by atoms with Gasteiger partial charge in [-0.05, 0) is 98.5 Å². The SMILES string of the molecule is CC1C(c2ccccc2Nc2ccc(-c3ccccc3)cc2)=CC=CC1c1ccc(Nc2ccccc2)c(-c2cccc3c2C(C)(C)c2ccccc2-3)c1. The summed E-state index contributed by atoms with van der Waals surface area (Å²) in [6, 6.07) is 61.3. The normalized spacial score (nSPS) is 16.6. The second kappa shape index (κ2) is 13.9. The summed E-state index contributed by atoms with van der Waals surface area (Å²) >= 11 is 0. The van der Waals surface area contributed by atoms with Crippen LogP contribution >= 0.6 is 0 Å². The minimum absolute atomic E-state index is 0.130. The summed E-state index contributed by atoms with van der Waals surface area (Å²) in [5.74, 6) is 0.455. The molecule has 0 radical (unpaired) electrons. The summed E-state index contributed by atoms with van der Waals surface area (Å²) in [6.45, 7) is 7.13. The van der Waals surface area contributed by atoms with Crippen molar-refractivity contribution in [3.8, 4) is 33.4 Å². The molecule has 0 saturated carbocycles. The Kier molecular flexibility index (Phi) is 8.60. The first-order valence-electron chi connectivity index (χ1n) is 19.1. The van der Waals surface area contributed by atoms with Crippen molar-refractivity contribution in [1.82, 2.24) is 0 Å². The van der Waals surface area contributed by atoms with Gasteiger partial charge in [-0.15, -0.1) is 0 Å². The molecule has 0 bridgehead atoms. The molecule has 2 heteroatoms. The van der Waals surface area contributed by atoms with E-state index in [4.69, 9.17) is 0 Å². The van der Waals surface area contributed by atoms with Gasteiger partial charge in [-0.1, -0.05) is 166 Å². The number of para-hydroxylation sites is 2. The predicted molar refractivity (Wildman–Crippen MR) is 230 cm³/mol. The topological polar surface area (TPSA) is 24.1 Å². The zero-order valence-electron chi connectivity index (χ0n) is 31.1. The van der Waals surface area contributed by atoms with Gasteiger partial charge in [0.15, 0.2) is 0 Å². The van der Waals surface area contributed by atoms with Crippen LogP contribution in [0.25, 0.3) is 39.0 Å². The minimum Gasteiger partial charge on any atom is -0.355 e. The first-order chi connectivity index (χ1) is 26.5. The van der Waals surface area contributed by atoms with Crippen LogP contribution in [-0.2, 0) is 5.41 Å². The molecule has 0 amide bonds. The average molecular weight is 697 g/mol. The van der Waals surface area contributed by atoms with Crippen LogP contribution in [-0.4, -0.2) is 0 Å². The highest BCUT2D eigenvalue weighted by Gasteiger charge is 2.38. The predicted octanol–water partition coefficient (Wildman–Crippen LogP) is 14.2. The summed E-state index contributed by atoms with van der Waals surface area (Å²) in [7, 11) is 0. The van der Waals surface area contributed by atoms with E-state index in [-0.39, 0.29) is 17.3 Å². The highest BCUT2D eigenvalue weighted by atomic mass is 14.9. The monoisotopic (exact) mass is 696 g/mol. The Morgan fingerprint density at radius 2 is 1.06 bits per heavy atom. The maximum absolute atomic E-state index is 3.79. The van der Waals surface area contributed by atoms with Crippen molar-refractivity contribution in [3.63, 3.8) is 0 Å². The molecule has 2 N–H and O–H groups in total. The second-order valence-corrected chi connectivity index (χ2v) is 15.1. The average Bonchev–Trinajstić information content (AvgIpc) is 3.46. The molecule has 0 aliphatic heterocycles. The Labute approximate surface area is 319 Å². The number of fused-ring (bicyclic) bond motifs is 3. The molecule has 7 aromatic carbocycles. The molecule has 9 rings (SSSR count). The zero-order valence-corrected chi connectivity index (χ0v) is 31.1. The Morgan fingerprint density at radius 3 is 1.81 bits per heavy atom. The van der Waals surface area contributed by atoms with Gasteiger partial charge in [-0.3, -0.25) is 0 Å². The zero-order chi connectivity index (χ0) is 36.6. The lowest BCUT2D eigenvalue weighted by Crippen LogP contribution is -2.17. The lowest BCUT2D eigenvalue weighted by Gasteiger charge is -2.30. The Hall–Kier alpha value is -6.38. The lowest BCUT2D eigenvalue weighted by molar-refractivity contribution is 0.653. The van der Waals surface area contributed by atoms with Crippen molar-refractivity contribution in [2.75, 3.05) is 10.6 Å². The summed E-state index contributed by atoms with van der Waals surface area (Å²) in [5.41, 5.74) is 18.5. The Morgan fingerprint density at radius 1 is 0.481 bits per heavy atom. The van der Waals surface area contributed by atoms with Crippen LogP contribution in [0.5, 0.6) is 0 Å². The molecular weight excluding hydrogens is 653 g/mol. The van der Waals surface area contributed by atoms with E-state index in [1.54, 1.807) is 0 Å². The molecule has 0 heterocycles. The molecule has 7 aromatic rings. The number of hydrogen-bond donors (Lipinski definition) is 2. The maximum atomic E-state index is 3.79. The second-order valence-electron chi connectivity index (χ2n) is 15.1. The molecule has 0 saturated heterocycles. The molecular formula is C52H44N2. The summed E-state index contributed by atoms with van der Waals surface area (Å²) in [5, 5.41) is 7.54. The number of nitrogens with one attached hydrogen (secondary N) is 2. The minimum atomic E-state index is -0.130. The van der Waals surface area contributed by atoms with Gasteiger partial charge >= 0.3 is 0 Å². The van der Waals surface area contributed by atoms with Crippen molar-refractivity contribution < 1.29 is 0 Å². The number of allylic oxidation sites excluding steroid dienone is 4. The number of anilines is 4. The van der Waals surface area contributed by atoms with Gasteiger partial charge < -0.3 is 10.6 Å². The molecule has 2 nitrogen and oxygen atoms in total. The summed E-state index contributed by atoms with van der Waals surface area (Å²) < 4.78 is 0. The van der Waals surface area contributed by atoms with Crippen molar-refractivity contribution in [1.29, 1.82) is 0 Å². The van der Waals surface area contributed by atoms with Gasteiger partial charge in [-0.25, -0.2) is 0 Å². The largest absolute Gasteiger partial charge is 0.355 e. The quantitative estimate of drug-likeness (QED) is 0.165. The van der Waals surface area contributed by atoms with Crippen LogP contribution in [0.15, 0.2) is 188 Å². The highest BCUT2D eigenvalue weighted by Crippen LogP contribution is 2.53. The van der Waals surface area contributed by atoms with Gasteiger partial charge in [0.05, 0.1) is 0 Å². The van der Waals surface area contributed by atoms with Crippen molar-refractivity contribution >= 4 is 28.3 Å². The third kappa shape index (κ3) is 6.04. The molecule has 54 heavy (non-hydrogen) atoms. The summed E-state index contributed by atoms with van der Waals surface area (Å²) in [4.78, 5) is 0. The van der Waals surface area contributed by atoms with E-state index in [9.17, 15) is 0 Å². The van der Waals surface area contributed by atoms with Crippen molar-refractivity contribution in [3.05, 3.63) is 210 Å². The van der Waals surface area contributed by atoms with Gasteiger partial charge in [0.2, 0.25) is 0 Å². The van der Waals surface area contributed by atoms with Crippen LogP contribution in [0.3, 0.4) is 0 Å². The van der Waals surface area contributed by atoms with E-state index in [0.717, 1.165) is 22.7 Å². The molecule has 0 fully saturated rings. The van der Waals surface area contributed by atoms with Crippen LogP contribution in [0.4, 0.5) is 22.7 Å². The van der Waals surface area contributed by atoms with Gasteiger partial charge in [-0.2, -0.15) is 0 Å². The fourth-order valence-corrected chi connectivity index (χ4v) is 8.75. The Bertz CT molecular complexity index is 2520.